The number of H-pyrrole nitrogens is 1. The molecule has 2 N–H and O–H groups in total. The number of aliphatic imine (C=N–C) groups is 1. The van der Waals surface area contributed by atoms with Gasteiger partial charge in [0.15, 0.2) is 11.6 Å². The van der Waals surface area contributed by atoms with Gasteiger partial charge in [-0.05, 0) is 37.6 Å². The Kier molecular flexibility index (Phi) is 4.68. The number of aryl methyl sites for hydroxylation is 1. The van der Waals surface area contributed by atoms with E-state index in [2.05, 4.69) is 20.3 Å². The van der Waals surface area contributed by atoms with E-state index in [0.717, 1.165) is 19.1 Å². The lowest BCUT2D eigenvalue weighted by atomic mass is 9.78. The van der Waals surface area contributed by atoms with Gasteiger partial charge >= 0.3 is 0 Å². The first-order valence-corrected chi connectivity index (χ1v) is 9.07. The first-order valence-electron chi connectivity index (χ1n) is 9.07. The Bertz CT molecular complexity index is 1200. The molecule has 5 nitrogen and oxygen atoms in total. The van der Waals surface area contributed by atoms with Crippen molar-refractivity contribution < 1.29 is 17.6 Å². The average Bonchev–Trinajstić information content (AvgIpc) is 3.05. The Morgan fingerprint density at radius 2 is 1.70 bits per heavy atom. The number of hydrogen-bond donors (Lipinski definition) is 2. The molecule has 2 atom stereocenters. The van der Waals surface area contributed by atoms with E-state index >= 15 is 4.39 Å². The van der Waals surface area contributed by atoms with Gasteiger partial charge in [0.25, 0.3) is 0 Å². The van der Waals surface area contributed by atoms with Crippen LogP contribution in [0, 0.1) is 30.3 Å². The molecule has 0 amide bonds. The molecule has 0 fully saturated rings. The number of rotatable bonds is 3. The number of halogens is 4. The van der Waals surface area contributed by atoms with Gasteiger partial charge in [0, 0.05) is 17.8 Å². The van der Waals surface area contributed by atoms with E-state index in [1.54, 1.807) is 6.92 Å². The smallest absolute Gasteiger partial charge is 0.247 e. The zero-order valence-corrected chi connectivity index (χ0v) is 15.9. The molecule has 0 saturated carbocycles. The third-order valence-corrected chi connectivity index (χ3v) is 5.19. The lowest BCUT2D eigenvalue weighted by Gasteiger charge is -2.32. The van der Waals surface area contributed by atoms with Gasteiger partial charge in [0.05, 0.1) is 17.3 Å². The van der Waals surface area contributed by atoms with Crippen molar-refractivity contribution in [1.29, 1.82) is 0 Å². The second-order valence-corrected chi connectivity index (χ2v) is 7.03. The summed E-state index contributed by atoms with van der Waals surface area (Å²) in [6.07, 6.45) is 1.39. The number of nitrogens with zero attached hydrogens (tertiary/aromatic N) is 2. The fourth-order valence-corrected chi connectivity index (χ4v) is 3.69. The Morgan fingerprint density at radius 3 is 2.33 bits per heavy atom. The molecule has 9 heteroatoms. The van der Waals surface area contributed by atoms with Crippen molar-refractivity contribution in [2.24, 2.45) is 4.99 Å². The van der Waals surface area contributed by atoms with Gasteiger partial charge in [-0.3, -0.25) is 4.79 Å². The van der Waals surface area contributed by atoms with Crippen LogP contribution in [0.3, 0.4) is 0 Å². The van der Waals surface area contributed by atoms with Crippen molar-refractivity contribution in [3.8, 4) is 0 Å². The highest BCUT2D eigenvalue weighted by molar-refractivity contribution is 6.00. The van der Waals surface area contributed by atoms with Gasteiger partial charge in [-0.2, -0.15) is 4.39 Å². The summed E-state index contributed by atoms with van der Waals surface area (Å²) in [4.78, 5) is 21.9. The molecule has 0 bridgehead atoms. The van der Waals surface area contributed by atoms with E-state index in [1.165, 1.54) is 30.5 Å². The molecule has 1 aliphatic rings. The summed E-state index contributed by atoms with van der Waals surface area (Å²) in [5.74, 6) is -4.23. The molecule has 1 aliphatic heterocycles. The molecule has 0 radical (unpaired) electrons. The molecule has 1 aromatic carbocycles. The second-order valence-electron chi connectivity index (χ2n) is 7.03. The van der Waals surface area contributed by atoms with Crippen LogP contribution >= 0.6 is 0 Å². The maximum atomic E-state index is 15.1. The molecule has 154 valence electrons. The molecule has 3 aromatic rings. The Labute approximate surface area is 168 Å². The van der Waals surface area contributed by atoms with Gasteiger partial charge in [-0.15, -0.1) is 0 Å². The topological polar surface area (TPSA) is 70.1 Å². The molecule has 0 spiro atoms. The van der Waals surface area contributed by atoms with Crippen LogP contribution in [-0.2, 0) is 5.54 Å². The van der Waals surface area contributed by atoms with E-state index in [4.69, 9.17) is 0 Å². The van der Waals surface area contributed by atoms with Gasteiger partial charge in [-0.1, -0.05) is 12.1 Å². The zero-order valence-electron chi connectivity index (χ0n) is 15.9. The third-order valence-electron chi connectivity index (χ3n) is 5.19. The van der Waals surface area contributed by atoms with Crippen molar-refractivity contribution in [3.63, 3.8) is 0 Å². The van der Waals surface area contributed by atoms with Crippen LogP contribution in [0.15, 0.2) is 52.4 Å². The minimum absolute atomic E-state index is 0.225. The summed E-state index contributed by atoms with van der Waals surface area (Å²) in [6, 6.07) is 6.93. The largest absolute Gasteiger partial charge is 0.364 e. The molecule has 0 aliphatic carbocycles. The number of hydrogen-bond acceptors (Lipinski definition) is 4. The predicted molar refractivity (Wildman–Crippen MR) is 102 cm³/mol. The van der Waals surface area contributed by atoms with Crippen LogP contribution in [0.1, 0.15) is 29.3 Å². The van der Waals surface area contributed by atoms with Crippen molar-refractivity contribution in [2.75, 3.05) is 0 Å². The molecule has 4 rings (SSSR count). The standard InChI is InChI=1S/C21H16F4N4O/c1-10-17(23)18(24)16(19(25)27-10)21(13-4-6-14(22)7-5-13)11(2)28-20(29-21)12-3-8-15(30)26-9-12/h3-9,11H,1-2H3,(H,26,30)(H,28,29)/t11-,21-/m0/s1. The summed E-state index contributed by atoms with van der Waals surface area (Å²) in [6.45, 7) is 2.77. The highest BCUT2D eigenvalue weighted by atomic mass is 19.2. The highest BCUT2D eigenvalue weighted by Gasteiger charge is 2.49. The van der Waals surface area contributed by atoms with Gasteiger partial charge in [0.2, 0.25) is 11.5 Å². The summed E-state index contributed by atoms with van der Waals surface area (Å²) in [5, 5.41) is 3.03. The number of nitrogens with one attached hydrogen (secondary N) is 2. The predicted octanol–water partition coefficient (Wildman–Crippen LogP) is 3.32. The maximum Gasteiger partial charge on any atom is 0.247 e. The molecular weight excluding hydrogens is 400 g/mol. The normalized spacial score (nSPS) is 20.7. The van der Waals surface area contributed by atoms with Gasteiger partial charge in [0.1, 0.15) is 17.2 Å². The van der Waals surface area contributed by atoms with Crippen LogP contribution in [-0.4, -0.2) is 21.8 Å². The van der Waals surface area contributed by atoms with Crippen LogP contribution in [0.2, 0.25) is 0 Å². The Balaban J connectivity index is 2.03. The van der Waals surface area contributed by atoms with Crippen LogP contribution in [0.5, 0.6) is 0 Å². The fourth-order valence-electron chi connectivity index (χ4n) is 3.69. The van der Waals surface area contributed by atoms with E-state index in [1.807, 2.05) is 0 Å². The van der Waals surface area contributed by atoms with Crippen LogP contribution in [0.25, 0.3) is 0 Å². The lowest BCUT2D eigenvalue weighted by Crippen LogP contribution is -2.43. The summed E-state index contributed by atoms with van der Waals surface area (Å²) in [7, 11) is 0. The van der Waals surface area contributed by atoms with Crippen molar-refractivity contribution in [3.05, 3.63) is 98.7 Å². The molecular formula is C21H16F4N4O. The van der Waals surface area contributed by atoms with E-state index in [0.29, 0.717) is 5.56 Å². The molecule has 30 heavy (non-hydrogen) atoms. The van der Waals surface area contributed by atoms with Crippen molar-refractivity contribution in [2.45, 2.75) is 25.4 Å². The van der Waals surface area contributed by atoms with Crippen molar-refractivity contribution >= 4 is 5.84 Å². The monoisotopic (exact) mass is 416 g/mol. The van der Waals surface area contributed by atoms with Gasteiger partial charge < -0.3 is 10.3 Å². The quantitative estimate of drug-likeness (QED) is 0.509. The molecule has 0 unspecified atom stereocenters. The second kappa shape index (κ2) is 7.08. The van der Waals surface area contributed by atoms with Crippen molar-refractivity contribution in [1.82, 2.24) is 15.3 Å². The minimum Gasteiger partial charge on any atom is -0.364 e. The number of pyridine rings is 2. The molecule has 3 heterocycles. The number of aromatic amines is 1. The minimum atomic E-state index is -1.77. The lowest BCUT2D eigenvalue weighted by molar-refractivity contribution is 0.376. The SMILES string of the molecule is Cc1nc(F)c([C@]2(c3ccc(F)cc3)N=C(c3ccc(=O)[nH]c3)N[C@H]2C)c(F)c1F. The highest BCUT2D eigenvalue weighted by Crippen LogP contribution is 2.43. The molecule has 0 saturated heterocycles. The number of amidine groups is 1. The zero-order chi connectivity index (χ0) is 21.6. The Hall–Kier alpha value is -3.49. The average molecular weight is 416 g/mol. The maximum absolute atomic E-state index is 15.1. The van der Waals surface area contributed by atoms with Crippen LogP contribution < -0.4 is 10.9 Å². The van der Waals surface area contributed by atoms with Crippen LogP contribution in [0.4, 0.5) is 17.6 Å². The molecule has 2 aromatic heterocycles. The Morgan fingerprint density at radius 1 is 1.00 bits per heavy atom. The van der Waals surface area contributed by atoms with E-state index in [9.17, 15) is 18.0 Å². The summed E-state index contributed by atoms with van der Waals surface area (Å²) in [5.41, 5.74) is -2.52. The number of aromatic nitrogens is 2. The number of benzene rings is 1. The third kappa shape index (κ3) is 2.97. The first kappa shape index (κ1) is 19.8. The van der Waals surface area contributed by atoms with Gasteiger partial charge in [-0.25, -0.2) is 23.1 Å². The van der Waals surface area contributed by atoms with E-state index < -0.39 is 46.2 Å². The fraction of sp³-hybridized carbons (Fsp3) is 0.190. The summed E-state index contributed by atoms with van der Waals surface area (Å²) < 4.78 is 58.0. The summed E-state index contributed by atoms with van der Waals surface area (Å²) >= 11 is 0. The first-order chi connectivity index (χ1) is 14.2. The van der Waals surface area contributed by atoms with E-state index in [-0.39, 0.29) is 17.0 Å².